The van der Waals surface area contributed by atoms with E-state index in [1.54, 1.807) is 15.3 Å². The summed E-state index contributed by atoms with van der Waals surface area (Å²) in [4.78, 5) is 0. The first-order chi connectivity index (χ1) is 17.5. The van der Waals surface area contributed by atoms with Crippen molar-refractivity contribution in [2.75, 3.05) is 0 Å². The second-order valence-corrected chi connectivity index (χ2v) is 16.2. The third kappa shape index (κ3) is 4.90. The normalized spacial score (nSPS) is 12.4. The predicted octanol–water partition coefficient (Wildman–Crippen LogP) is 1.86. The van der Waals surface area contributed by atoms with Crippen molar-refractivity contribution < 1.29 is 46.1 Å². The number of halogens is 2. The number of rotatable bonds is 4. The molecule has 0 fully saturated rings. The first-order valence-electron chi connectivity index (χ1n) is 13.0. The maximum Gasteiger partial charge on any atom is -1.00 e. The Balaban J connectivity index is 0.00000168. The Morgan fingerprint density at radius 3 is 1.89 bits per heavy atom. The van der Waals surface area contributed by atoms with Gasteiger partial charge in [0, 0.05) is 0 Å². The number of aryl methyl sites for hydroxylation is 2. The van der Waals surface area contributed by atoms with E-state index in [0.29, 0.717) is 0 Å². The van der Waals surface area contributed by atoms with Crippen molar-refractivity contribution in [1.82, 2.24) is 0 Å². The van der Waals surface area contributed by atoms with Gasteiger partial charge in [-0.15, -0.1) is 0 Å². The van der Waals surface area contributed by atoms with Gasteiger partial charge >= 0.3 is 224 Å². The average Bonchev–Trinajstić information content (AvgIpc) is 3.55. The van der Waals surface area contributed by atoms with Crippen LogP contribution in [0, 0.1) is 27.7 Å². The second-order valence-electron chi connectivity index (χ2n) is 10.2. The van der Waals surface area contributed by atoms with Gasteiger partial charge in [0.05, 0.1) is 0 Å². The molecule has 0 atom stereocenters. The molecular formula is C35H32Cl2Zr. The summed E-state index contributed by atoms with van der Waals surface area (Å²) in [6.45, 7) is 9.16. The minimum absolute atomic E-state index is 0. The molecule has 38 heavy (non-hydrogen) atoms. The standard InChI is InChI=1S/C17H18.C13H9.C5H5.2ClH.Zr/c1-12-7-5-9-16(14(12)3)11-17-10-6-8-13(2)15(17)4;1-3-7-12-10(5-1)9-11-6-2-4-8-13(11)12;1-2-4-5-3-1;;;/h5-10H,1-4H3;1-5,7-8H,9H2;1-3H,4H2;2*1H;/q;;;;;+2/p-2. The Hall–Kier alpha value is -2.31. The van der Waals surface area contributed by atoms with Gasteiger partial charge in [-0.05, 0) is 0 Å². The van der Waals surface area contributed by atoms with Crippen LogP contribution in [0.5, 0.6) is 0 Å². The van der Waals surface area contributed by atoms with E-state index in [0.717, 1.165) is 12.8 Å². The van der Waals surface area contributed by atoms with Crippen molar-refractivity contribution in [3.05, 3.63) is 145 Å². The molecule has 0 amide bonds. The van der Waals surface area contributed by atoms with E-state index < -0.39 is 21.3 Å². The molecule has 0 radical (unpaired) electrons. The summed E-state index contributed by atoms with van der Waals surface area (Å²) in [6, 6.07) is 30.0. The Labute approximate surface area is 247 Å². The molecule has 4 aromatic rings. The van der Waals surface area contributed by atoms with Crippen molar-refractivity contribution in [2.45, 2.75) is 40.5 Å². The minimum atomic E-state index is -2.59. The van der Waals surface area contributed by atoms with Crippen molar-refractivity contribution in [1.29, 1.82) is 0 Å². The molecule has 3 heteroatoms. The van der Waals surface area contributed by atoms with E-state index in [-0.39, 0.29) is 24.8 Å². The fourth-order valence-corrected chi connectivity index (χ4v) is 14.3. The van der Waals surface area contributed by atoms with E-state index in [2.05, 4.69) is 125 Å². The van der Waals surface area contributed by atoms with Gasteiger partial charge in [0.25, 0.3) is 0 Å². The summed E-state index contributed by atoms with van der Waals surface area (Å²) in [7, 11) is 0. The smallest absolute Gasteiger partial charge is 1.00 e. The van der Waals surface area contributed by atoms with Crippen LogP contribution in [0.2, 0.25) is 0 Å². The number of allylic oxidation sites excluding steroid dienone is 4. The molecule has 0 spiro atoms. The number of hydrogen-bond donors (Lipinski definition) is 0. The molecule has 6 rings (SSSR count). The number of fused-ring (bicyclic) bond motifs is 3. The molecule has 0 heterocycles. The van der Waals surface area contributed by atoms with Gasteiger partial charge in [-0.25, -0.2) is 0 Å². The Morgan fingerprint density at radius 1 is 0.658 bits per heavy atom. The SMILES string of the molecule is Cc1cccc([C](c2cccc(C)c2C)=[Zr+2]([C]2=CC=CC2)[c]2cccc3c2Cc2ccccc2-3)c1C.[Cl-].[Cl-]. The first kappa shape index (κ1) is 28.7. The van der Waals surface area contributed by atoms with Gasteiger partial charge in [-0.2, -0.15) is 0 Å². The van der Waals surface area contributed by atoms with Crippen LogP contribution in [-0.2, 0) is 27.7 Å². The van der Waals surface area contributed by atoms with Crippen LogP contribution in [0.4, 0.5) is 0 Å². The van der Waals surface area contributed by atoms with E-state index in [4.69, 9.17) is 0 Å². The van der Waals surface area contributed by atoms with Gasteiger partial charge in [-0.1, -0.05) is 0 Å². The van der Waals surface area contributed by atoms with Crippen molar-refractivity contribution in [3.63, 3.8) is 0 Å². The molecular weight excluding hydrogens is 583 g/mol. The second kappa shape index (κ2) is 11.8. The monoisotopic (exact) mass is 612 g/mol. The maximum atomic E-state index is 2.48. The van der Waals surface area contributed by atoms with Crippen LogP contribution >= 0.6 is 0 Å². The van der Waals surface area contributed by atoms with Crippen LogP contribution in [0.3, 0.4) is 0 Å². The molecule has 0 saturated heterocycles. The van der Waals surface area contributed by atoms with Crippen molar-refractivity contribution in [2.24, 2.45) is 0 Å². The van der Waals surface area contributed by atoms with Crippen molar-refractivity contribution >= 4 is 6.48 Å². The van der Waals surface area contributed by atoms with Gasteiger partial charge in [0.15, 0.2) is 0 Å². The summed E-state index contributed by atoms with van der Waals surface area (Å²) >= 11 is -2.59. The number of hydrogen-bond acceptors (Lipinski definition) is 0. The molecule has 0 saturated carbocycles. The molecule has 190 valence electrons. The van der Waals surface area contributed by atoms with Gasteiger partial charge < -0.3 is 24.8 Å². The Bertz CT molecular complexity index is 1570. The molecule has 0 aliphatic heterocycles. The molecule has 0 aromatic heterocycles. The quantitative estimate of drug-likeness (QED) is 0.290. The van der Waals surface area contributed by atoms with E-state index in [1.165, 1.54) is 50.1 Å². The molecule has 2 aliphatic rings. The largest absolute Gasteiger partial charge is 1.00 e. The molecule has 0 bridgehead atoms. The van der Waals surface area contributed by atoms with Crippen LogP contribution in [0.25, 0.3) is 11.1 Å². The minimum Gasteiger partial charge on any atom is -1.00 e. The van der Waals surface area contributed by atoms with Crippen molar-refractivity contribution in [3.8, 4) is 11.1 Å². The molecule has 0 N–H and O–H groups in total. The van der Waals surface area contributed by atoms with E-state index in [9.17, 15) is 0 Å². The fraction of sp³-hybridized carbons (Fsp3) is 0.171. The molecule has 2 aliphatic carbocycles. The van der Waals surface area contributed by atoms with Gasteiger partial charge in [0.1, 0.15) is 0 Å². The fourth-order valence-electron chi connectivity index (χ4n) is 5.95. The van der Waals surface area contributed by atoms with Gasteiger partial charge in [-0.3, -0.25) is 0 Å². The zero-order valence-corrected chi connectivity index (χ0v) is 26.4. The molecule has 4 aromatic carbocycles. The van der Waals surface area contributed by atoms with Gasteiger partial charge in [0.2, 0.25) is 0 Å². The first-order valence-corrected chi connectivity index (χ1v) is 16.7. The summed E-state index contributed by atoms with van der Waals surface area (Å²) in [5.41, 5.74) is 14.4. The van der Waals surface area contributed by atoms with E-state index in [1.807, 2.05) is 0 Å². The zero-order valence-electron chi connectivity index (χ0n) is 22.4. The number of benzene rings is 4. The Morgan fingerprint density at radius 2 is 1.26 bits per heavy atom. The van der Waals surface area contributed by atoms with E-state index >= 15 is 0 Å². The summed E-state index contributed by atoms with van der Waals surface area (Å²) in [6.07, 6.45) is 9.24. The average molecular weight is 615 g/mol. The predicted molar refractivity (Wildman–Crippen MR) is 151 cm³/mol. The zero-order chi connectivity index (χ0) is 24.8. The van der Waals surface area contributed by atoms with Crippen LogP contribution in [-0.4, -0.2) is 3.21 Å². The van der Waals surface area contributed by atoms with Crippen LogP contribution in [0.15, 0.2) is 100 Å². The maximum absolute atomic E-state index is 2.59. The third-order valence-corrected chi connectivity index (χ3v) is 15.7. The van der Waals surface area contributed by atoms with Crippen LogP contribution in [0.1, 0.15) is 50.9 Å². The van der Waals surface area contributed by atoms with Crippen LogP contribution < -0.4 is 28.1 Å². The Kier molecular flexibility index (Phi) is 8.94. The molecule has 0 nitrogen and oxygen atoms in total. The summed E-state index contributed by atoms with van der Waals surface area (Å²) in [5, 5.41) is 0. The summed E-state index contributed by atoms with van der Waals surface area (Å²) in [5.74, 6) is 0. The molecule has 0 unspecified atom stereocenters. The topological polar surface area (TPSA) is 0 Å². The third-order valence-electron chi connectivity index (χ3n) is 8.21. The summed E-state index contributed by atoms with van der Waals surface area (Å²) < 4.78 is 4.97.